The van der Waals surface area contributed by atoms with Crippen LogP contribution in [-0.4, -0.2) is 53.3 Å². The summed E-state index contributed by atoms with van der Waals surface area (Å²) in [7, 11) is 0. The fourth-order valence-electron chi connectivity index (χ4n) is 2.86. The second kappa shape index (κ2) is 7.50. The highest BCUT2D eigenvalue weighted by atomic mass is 19.3. The van der Waals surface area contributed by atoms with Crippen LogP contribution in [0.4, 0.5) is 25.0 Å². The quantitative estimate of drug-likeness (QED) is 0.923. The van der Waals surface area contributed by atoms with Crippen LogP contribution in [0.5, 0.6) is 0 Å². The van der Waals surface area contributed by atoms with Crippen molar-refractivity contribution in [3.05, 3.63) is 42.2 Å². The van der Waals surface area contributed by atoms with Crippen LogP contribution < -0.4 is 10.2 Å². The highest BCUT2D eigenvalue weighted by Crippen LogP contribution is 2.18. The number of benzene rings is 1. The number of nitrogens with one attached hydrogen (secondary N) is 1. The van der Waals surface area contributed by atoms with E-state index in [2.05, 4.69) is 40.4 Å². The van der Waals surface area contributed by atoms with E-state index in [9.17, 15) is 13.6 Å². The summed E-state index contributed by atoms with van der Waals surface area (Å²) in [6.07, 6.45) is 0.314. The number of piperazine rings is 1. The molecule has 2 amide bonds. The Labute approximate surface area is 145 Å². The van der Waals surface area contributed by atoms with Gasteiger partial charge in [0.05, 0.1) is 11.9 Å². The Morgan fingerprint density at radius 2 is 2.04 bits per heavy atom. The molecule has 1 aromatic heterocycles. The number of nitrogens with zero attached hydrogens (tertiary/aromatic N) is 4. The van der Waals surface area contributed by atoms with Gasteiger partial charge < -0.3 is 15.1 Å². The number of carbonyl (C=O) groups is 1. The fraction of sp³-hybridized carbons (Fsp3) is 0.412. The molecule has 25 heavy (non-hydrogen) atoms. The van der Waals surface area contributed by atoms with E-state index in [4.69, 9.17) is 0 Å². The molecular weight excluding hydrogens is 328 g/mol. The molecule has 1 aromatic carbocycles. The molecule has 0 atom stereocenters. The number of alkyl halides is 2. The van der Waals surface area contributed by atoms with Crippen molar-refractivity contribution in [3.8, 4) is 0 Å². The van der Waals surface area contributed by atoms with Crippen LogP contribution in [0.3, 0.4) is 0 Å². The predicted molar refractivity (Wildman–Crippen MR) is 92.2 cm³/mol. The Morgan fingerprint density at radius 3 is 2.72 bits per heavy atom. The maximum absolute atomic E-state index is 12.3. The lowest BCUT2D eigenvalue weighted by molar-refractivity contribution is 0.122. The van der Waals surface area contributed by atoms with E-state index in [1.54, 1.807) is 4.90 Å². The molecule has 0 bridgehead atoms. The summed E-state index contributed by atoms with van der Waals surface area (Å²) in [4.78, 5) is 16.3. The van der Waals surface area contributed by atoms with Gasteiger partial charge in [-0.2, -0.15) is 5.10 Å². The predicted octanol–water partition coefficient (Wildman–Crippen LogP) is 2.81. The first-order valence-electron chi connectivity index (χ1n) is 8.19. The molecule has 1 N–H and O–H groups in total. The van der Waals surface area contributed by atoms with E-state index in [-0.39, 0.29) is 6.03 Å². The summed E-state index contributed by atoms with van der Waals surface area (Å²) >= 11 is 0. The lowest BCUT2D eigenvalue weighted by Gasteiger charge is -2.36. The van der Waals surface area contributed by atoms with Crippen LogP contribution in [0.15, 0.2) is 36.7 Å². The zero-order valence-corrected chi connectivity index (χ0v) is 14.0. The van der Waals surface area contributed by atoms with Crippen molar-refractivity contribution < 1.29 is 13.6 Å². The van der Waals surface area contributed by atoms with E-state index in [0.29, 0.717) is 18.8 Å². The minimum absolute atomic E-state index is 0.236. The van der Waals surface area contributed by atoms with Gasteiger partial charge >= 0.3 is 6.03 Å². The van der Waals surface area contributed by atoms with Gasteiger partial charge in [0, 0.05) is 38.1 Å². The second-order valence-corrected chi connectivity index (χ2v) is 6.09. The summed E-state index contributed by atoms with van der Waals surface area (Å²) in [5, 5.41) is 6.52. The zero-order valence-electron chi connectivity index (χ0n) is 14.0. The van der Waals surface area contributed by atoms with Gasteiger partial charge in [0.2, 0.25) is 0 Å². The highest BCUT2D eigenvalue weighted by molar-refractivity contribution is 5.89. The van der Waals surface area contributed by atoms with Crippen molar-refractivity contribution >= 4 is 17.4 Å². The first-order chi connectivity index (χ1) is 12.0. The van der Waals surface area contributed by atoms with Crippen molar-refractivity contribution in [1.29, 1.82) is 0 Å². The molecule has 1 aliphatic rings. The molecule has 0 aliphatic carbocycles. The molecule has 8 heteroatoms. The maximum atomic E-state index is 12.3. The molecular formula is C17H21F2N5O. The number of amides is 2. The van der Waals surface area contributed by atoms with Gasteiger partial charge in [-0.3, -0.25) is 4.68 Å². The van der Waals surface area contributed by atoms with E-state index in [1.165, 1.54) is 18.0 Å². The van der Waals surface area contributed by atoms with Crippen molar-refractivity contribution in [1.82, 2.24) is 14.7 Å². The van der Waals surface area contributed by atoms with Crippen LogP contribution in [-0.2, 0) is 6.54 Å². The summed E-state index contributed by atoms with van der Waals surface area (Å²) in [6, 6.07) is 8.05. The number of aromatic nitrogens is 2. The summed E-state index contributed by atoms with van der Waals surface area (Å²) in [5.41, 5.74) is 2.79. The van der Waals surface area contributed by atoms with Crippen molar-refractivity contribution in [2.24, 2.45) is 0 Å². The minimum Gasteiger partial charge on any atom is -0.368 e. The third-order valence-corrected chi connectivity index (χ3v) is 4.14. The zero-order chi connectivity index (χ0) is 17.8. The van der Waals surface area contributed by atoms with Crippen LogP contribution in [0, 0.1) is 6.92 Å². The Hall–Kier alpha value is -2.64. The largest absolute Gasteiger partial charge is 0.368 e. The molecule has 0 radical (unpaired) electrons. The lowest BCUT2D eigenvalue weighted by Crippen LogP contribution is -2.50. The molecule has 134 valence electrons. The number of hydrogen-bond donors (Lipinski definition) is 1. The van der Waals surface area contributed by atoms with Crippen LogP contribution in [0.25, 0.3) is 0 Å². The van der Waals surface area contributed by atoms with Gasteiger partial charge in [-0.05, 0) is 24.6 Å². The van der Waals surface area contributed by atoms with Gasteiger partial charge in [-0.15, -0.1) is 0 Å². The van der Waals surface area contributed by atoms with Crippen LogP contribution in [0.2, 0.25) is 0 Å². The van der Waals surface area contributed by atoms with Crippen LogP contribution >= 0.6 is 0 Å². The van der Waals surface area contributed by atoms with Gasteiger partial charge in [0.15, 0.2) is 0 Å². The third kappa shape index (κ3) is 4.46. The van der Waals surface area contributed by atoms with E-state index >= 15 is 0 Å². The van der Waals surface area contributed by atoms with Gasteiger partial charge in [0.1, 0.15) is 6.54 Å². The number of carbonyl (C=O) groups excluding carboxylic acids is 1. The Bertz CT molecular complexity index is 725. The molecule has 0 spiro atoms. The minimum atomic E-state index is -2.47. The van der Waals surface area contributed by atoms with Gasteiger partial charge in [-0.1, -0.05) is 12.1 Å². The molecule has 3 rings (SSSR count). The van der Waals surface area contributed by atoms with Gasteiger partial charge in [0.25, 0.3) is 6.43 Å². The van der Waals surface area contributed by atoms with E-state index in [0.717, 1.165) is 23.5 Å². The molecule has 1 saturated heterocycles. The topological polar surface area (TPSA) is 53.4 Å². The number of urea groups is 1. The first-order valence-corrected chi connectivity index (χ1v) is 8.19. The Kier molecular flexibility index (Phi) is 5.16. The molecule has 0 unspecified atom stereocenters. The third-order valence-electron chi connectivity index (χ3n) is 4.14. The van der Waals surface area contributed by atoms with Crippen molar-refractivity contribution in [2.75, 3.05) is 36.4 Å². The molecule has 1 aliphatic heterocycles. The highest BCUT2D eigenvalue weighted by Gasteiger charge is 2.21. The molecule has 2 heterocycles. The smallest absolute Gasteiger partial charge is 0.322 e. The normalized spacial score (nSPS) is 14.9. The number of hydrogen-bond acceptors (Lipinski definition) is 3. The molecule has 0 saturated carbocycles. The van der Waals surface area contributed by atoms with Crippen LogP contribution in [0.1, 0.15) is 5.56 Å². The first kappa shape index (κ1) is 17.2. The average Bonchev–Trinajstić information content (AvgIpc) is 3.01. The Balaban J connectivity index is 1.52. The molecule has 2 aromatic rings. The number of rotatable bonds is 4. The standard InChI is InChI=1S/C17H21F2N5O/c1-13-3-2-4-15(9-13)22-5-7-23(8-6-22)17(25)21-14-10-20-24(11-14)12-16(18)19/h2-4,9-11,16H,5-8,12H2,1H3,(H,21,25). The molecule has 1 fully saturated rings. The number of anilines is 2. The second-order valence-electron chi connectivity index (χ2n) is 6.09. The van der Waals surface area contributed by atoms with Crippen molar-refractivity contribution in [3.63, 3.8) is 0 Å². The summed E-state index contributed by atoms with van der Waals surface area (Å²) in [5.74, 6) is 0. The maximum Gasteiger partial charge on any atom is 0.322 e. The van der Waals surface area contributed by atoms with Crippen molar-refractivity contribution in [2.45, 2.75) is 19.9 Å². The summed E-state index contributed by atoms with van der Waals surface area (Å²) in [6.45, 7) is 4.28. The summed E-state index contributed by atoms with van der Waals surface area (Å²) < 4.78 is 25.8. The van der Waals surface area contributed by atoms with Gasteiger partial charge in [-0.25, -0.2) is 13.6 Å². The fourth-order valence-corrected chi connectivity index (χ4v) is 2.86. The SMILES string of the molecule is Cc1cccc(N2CCN(C(=O)Nc3cnn(CC(F)F)c3)CC2)c1. The average molecular weight is 349 g/mol. The lowest BCUT2D eigenvalue weighted by atomic mass is 10.2. The molecule has 6 nitrogen and oxygen atoms in total. The monoisotopic (exact) mass is 349 g/mol. The Morgan fingerprint density at radius 1 is 1.28 bits per heavy atom. The van der Waals surface area contributed by atoms with E-state index in [1.807, 2.05) is 6.07 Å². The van der Waals surface area contributed by atoms with E-state index < -0.39 is 13.0 Å². The number of aryl methyl sites for hydroxylation is 1. The number of halogens is 2.